The summed E-state index contributed by atoms with van der Waals surface area (Å²) in [7, 11) is 0. The maximum absolute atomic E-state index is 10.4. The number of aliphatic hydroxyl groups excluding tert-OH is 4. The van der Waals surface area contributed by atoms with Gasteiger partial charge in [0.2, 0.25) is 0 Å². The summed E-state index contributed by atoms with van der Waals surface area (Å²) in [5.74, 6) is -1.38. The third kappa shape index (κ3) is 4.53. The SMILES string of the molecule is O=C(O)[C@H]1O[C@@H](O)[C@H](O)[C@@H](O)[C@@H]1O.Oc1ccccc1Cl. The molecule has 0 spiro atoms. The van der Waals surface area contributed by atoms with Crippen molar-refractivity contribution in [2.24, 2.45) is 0 Å². The van der Waals surface area contributed by atoms with E-state index in [4.69, 9.17) is 42.2 Å². The van der Waals surface area contributed by atoms with E-state index >= 15 is 0 Å². The Balaban J connectivity index is 0.000000235. The number of phenolic OH excluding ortho intramolecular Hbond substituents is 1. The Bertz CT molecular complexity index is 461. The summed E-state index contributed by atoms with van der Waals surface area (Å²) in [5.41, 5.74) is 0. The van der Waals surface area contributed by atoms with Crippen LogP contribution in [0.3, 0.4) is 0 Å². The standard InChI is InChI=1S/C6H5ClO.C6H10O7/c7-5-3-1-2-4-6(5)8;7-1-2(8)4(5(10)11)13-6(12)3(1)9/h1-4,8H;1-4,6-9,12H,(H,10,11)/t;1-,2-,3+,4-,6+/m.0/s1. The summed E-state index contributed by atoms with van der Waals surface area (Å²) >= 11 is 5.46. The summed E-state index contributed by atoms with van der Waals surface area (Å²) in [6.45, 7) is 0. The fourth-order valence-electron chi connectivity index (χ4n) is 1.52. The lowest BCUT2D eigenvalue weighted by molar-refractivity contribution is -0.279. The Hall–Kier alpha value is -1.42. The van der Waals surface area contributed by atoms with Crippen molar-refractivity contribution in [3.05, 3.63) is 29.3 Å². The minimum atomic E-state index is -1.81. The molecule has 6 N–H and O–H groups in total. The Kier molecular flexibility index (Phi) is 6.34. The molecule has 0 aliphatic carbocycles. The smallest absolute Gasteiger partial charge is 0.335 e. The molecule has 1 aromatic carbocycles. The number of aromatic hydroxyl groups is 1. The van der Waals surface area contributed by atoms with Crippen LogP contribution in [0.4, 0.5) is 0 Å². The molecule has 1 fully saturated rings. The minimum Gasteiger partial charge on any atom is -0.506 e. The first-order valence-corrected chi connectivity index (χ1v) is 6.17. The number of hydrogen-bond donors (Lipinski definition) is 6. The fourth-order valence-corrected chi connectivity index (χ4v) is 1.65. The van der Waals surface area contributed by atoms with Crippen molar-refractivity contribution in [3.63, 3.8) is 0 Å². The molecule has 118 valence electrons. The van der Waals surface area contributed by atoms with Gasteiger partial charge in [-0.1, -0.05) is 23.7 Å². The number of ether oxygens (including phenoxy) is 1. The molecule has 0 amide bonds. The average molecular weight is 323 g/mol. The molecule has 5 atom stereocenters. The predicted octanol–water partition coefficient (Wildman–Crippen LogP) is -1.08. The molecule has 1 aromatic rings. The Labute approximate surface area is 124 Å². The van der Waals surface area contributed by atoms with Crippen LogP contribution in [0.5, 0.6) is 5.75 Å². The minimum absolute atomic E-state index is 0.133. The first-order chi connectivity index (χ1) is 9.75. The highest BCUT2D eigenvalue weighted by Crippen LogP contribution is 2.20. The highest BCUT2D eigenvalue weighted by Gasteiger charge is 2.46. The zero-order valence-corrected chi connectivity index (χ0v) is 11.3. The Morgan fingerprint density at radius 3 is 2.05 bits per heavy atom. The number of carboxylic acids is 1. The molecule has 2 rings (SSSR count). The van der Waals surface area contributed by atoms with Crippen LogP contribution in [-0.4, -0.2) is 67.3 Å². The molecule has 1 aliphatic heterocycles. The normalized spacial score (nSPS) is 32.0. The molecule has 21 heavy (non-hydrogen) atoms. The molecule has 8 nitrogen and oxygen atoms in total. The number of aliphatic carboxylic acids is 1. The van der Waals surface area contributed by atoms with Crippen molar-refractivity contribution in [1.29, 1.82) is 0 Å². The van der Waals surface area contributed by atoms with E-state index in [0.717, 1.165) is 0 Å². The van der Waals surface area contributed by atoms with Gasteiger partial charge in [-0.15, -0.1) is 0 Å². The van der Waals surface area contributed by atoms with Crippen LogP contribution in [0, 0.1) is 0 Å². The molecule has 1 aliphatic rings. The quantitative estimate of drug-likeness (QED) is 0.382. The molecule has 0 bridgehead atoms. The van der Waals surface area contributed by atoms with Gasteiger partial charge in [-0.2, -0.15) is 0 Å². The lowest BCUT2D eigenvalue weighted by atomic mass is 9.99. The van der Waals surface area contributed by atoms with Crippen molar-refractivity contribution in [3.8, 4) is 5.75 Å². The summed E-state index contributed by atoms with van der Waals surface area (Å²) in [6.07, 6.45) is -8.72. The number of carboxylic acid groups (broad SMARTS) is 1. The van der Waals surface area contributed by atoms with E-state index in [9.17, 15) is 4.79 Å². The molecule has 0 aromatic heterocycles. The lowest BCUT2D eigenvalue weighted by Crippen LogP contribution is -2.59. The van der Waals surface area contributed by atoms with Gasteiger partial charge in [0.1, 0.15) is 24.1 Å². The monoisotopic (exact) mass is 322 g/mol. The van der Waals surface area contributed by atoms with Gasteiger partial charge in [0.25, 0.3) is 0 Å². The molecule has 0 radical (unpaired) electrons. The number of benzene rings is 1. The maximum Gasteiger partial charge on any atom is 0.335 e. The fraction of sp³-hybridized carbons (Fsp3) is 0.417. The third-order valence-corrected chi connectivity index (χ3v) is 3.00. The molecule has 9 heteroatoms. The van der Waals surface area contributed by atoms with Crippen LogP contribution < -0.4 is 0 Å². The van der Waals surface area contributed by atoms with Crippen molar-refractivity contribution in [2.45, 2.75) is 30.7 Å². The highest BCUT2D eigenvalue weighted by molar-refractivity contribution is 6.31. The van der Waals surface area contributed by atoms with Gasteiger partial charge in [-0.05, 0) is 12.1 Å². The Morgan fingerprint density at radius 1 is 1.05 bits per heavy atom. The number of para-hydroxylation sites is 1. The topological polar surface area (TPSA) is 148 Å². The molecular weight excluding hydrogens is 308 g/mol. The summed E-state index contributed by atoms with van der Waals surface area (Å²) < 4.78 is 4.34. The highest BCUT2D eigenvalue weighted by atomic mass is 35.5. The second-order valence-corrected chi connectivity index (χ2v) is 4.62. The molecule has 0 unspecified atom stereocenters. The summed E-state index contributed by atoms with van der Waals surface area (Å²) in [4.78, 5) is 10.4. The number of aliphatic hydroxyl groups is 4. The van der Waals surface area contributed by atoms with Crippen LogP contribution in [0.2, 0.25) is 5.02 Å². The van der Waals surface area contributed by atoms with Crippen molar-refractivity contribution in [2.75, 3.05) is 0 Å². The zero-order chi connectivity index (χ0) is 16.2. The van der Waals surface area contributed by atoms with E-state index in [1.54, 1.807) is 24.3 Å². The van der Waals surface area contributed by atoms with Gasteiger partial charge >= 0.3 is 5.97 Å². The summed E-state index contributed by atoms with van der Waals surface area (Å²) in [6, 6.07) is 6.67. The molecule has 0 saturated carbocycles. The van der Waals surface area contributed by atoms with Crippen molar-refractivity contribution < 1.29 is 40.2 Å². The van der Waals surface area contributed by atoms with Crippen molar-refractivity contribution in [1.82, 2.24) is 0 Å². The zero-order valence-electron chi connectivity index (χ0n) is 10.6. The van der Waals surface area contributed by atoms with Gasteiger partial charge in [0.15, 0.2) is 12.4 Å². The van der Waals surface area contributed by atoms with E-state index in [1.165, 1.54) is 0 Å². The molecular formula is C12H15ClO8. The number of rotatable bonds is 1. The third-order valence-electron chi connectivity index (χ3n) is 2.68. The predicted molar refractivity (Wildman–Crippen MR) is 69.7 cm³/mol. The van der Waals surface area contributed by atoms with Crippen LogP contribution in [0.25, 0.3) is 0 Å². The molecule has 1 saturated heterocycles. The number of carbonyl (C=O) groups is 1. The van der Waals surface area contributed by atoms with Crippen molar-refractivity contribution >= 4 is 17.6 Å². The van der Waals surface area contributed by atoms with E-state index < -0.39 is 36.7 Å². The van der Waals surface area contributed by atoms with Gasteiger partial charge in [-0.25, -0.2) is 4.79 Å². The van der Waals surface area contributed by atoms with Gasteiger partial charge in [-0.3, -0.25) is 0 Å². The van der Waals surface area contributed by atoms with Crippen LogP contribution in [0.15, 0.2) is 24.3 Å². The number of phenols is 1. The van der Waals surface area contributed by atoms with Crippen LogP contribution in [0.1, 0.15) is 0 Å². The Morgan fingerprint density at radius 2 is 1.62 bits per heavy atom. The van der Waals surface area contributed by atoms with Gasteiger partial charge in [0, 0.05) is 0 Å². The van der Waals surface area contributed by atoms with E-state index in [2.05, 4.69) is 4.74 Å². The van der Waals surface area contributed by atoms with Gasteiger partial charge in [0.05, 0.1) is 5.02 Å². The second kappa shape index (κ2) is 7.55. The van der Waals surface area contributed by atoms with E-state index in [1.807, 2.05) is 0 Å². The second-order valence-electron chi connectivity index (χ2n) is 4.21. The van der Waals surface area contributed by atoms with Crippen LogP contribution in [-0.2, 0) is 9.53 Å². The molecule has 1 heterocycles. The summed E-state index contributed by atoms with van der Waals surface area (Å²) in [5, 5.41) is 53.5. The lowest BCUT2D eigenvalue weighted by Gasteiger charge is -2.36. The number of halogens is 1. The largest absolute Gasteiger partial charge is 0.506 e. The first kappa shape index (κ1) is 17.6. The van der Waals surface area contributed by atoms with Crippen LogP contribution >= 0.6 is 11.6 Å². The number of hydrogen-bond acceptors (Lipinski definition) is 7. The first-order valence-electron chi connectivity index (χ1n) is 5.79. The average Bonchev–Trinajstić information content (AvgIpc) is 2.44. The maximum atomic E-state index is 10.4. The van der Waals surface area contributed by atoms with Gasteiger partial charge < -0.3 is 35.4 Å². The van der Waals surface area contributed by atoms with E-state index in [-0.39, 0.29) is 5.75 Å². The van der Waals surface area contributed by atoms with E-state index in [0.29, 0.717) is 5.02 Å².